The number of nitro benzene ring substituents is 1. The number of likely N-dealkylation sites (tertiary alicyclic amines) is 1. The van der Waals surface area contributed by atoms with E-state index in [0.29, 0.717) is 23.2 Å². The molecule has 3 rings (SSSR count). The summed E-state index contributed by atoms with van der Waals surface area (Å²) in [6.07, 6.45) is 3.75. The second kappa shape index (κ2) is 5.68. The van der Waals surface area contributed by atoms with Crippen molar-refractivity contribution in [2.24, 2.45) is 0 Å². The first-order valence-electron chi connectivity index (χ1n) is 7.04. The molecular weight excluding hydrogens is 278 g/mol. The molecule has 1 N–H and O–H groups in total. The topological polar surface area (TPSA) is 58.4 Å². The lowest BCUT2D eigenvalue weighted by Gasteiger charge is -2.16. The number of halogens is 1. The molecule has 1 aliphatic heterocycles. The van der Waals surface area contributed by atoms with Gasteiger partial charge in [-0.05, 0) is 25.3 Å². The van der Waals surface area contributed by atoms with E-state index in [-0.39, 0.29) is 10.6 Å². The molecule has 1 aromatic rings. The molecule has 0 radical (unpaired) electrons. The Bertz CT molecular complexity index is 519. The molecule has 108 valence electrons. The molecule has 5 nitrogen and oxygen atoms in total. The number of benzene rings is 1. The van der Waals surface area contributed by atoms with Crippen molar-refractivity contribution in [3.05, 3.63) is 38.9 Å². The van der Waals surface area contributed by atoms with Gasteiger partial charge in [0.15, 0.2) is 0 Å². The van der Waals surface area contributed by atoms with Gasteiger partial charge in [0.2, 0.25) is 0 Å². The Morgan fingerprint density at radius 3 is 2.90 bits per heavy atom. The molecule has 6 heteroatoms. The number of nitrogens with zero attached hydrogens (tertiary/aromatic N) is 2. The Morgan fingerprint density at radius 1 is 1.40 bits per heavy atom. The molecule has 1 aliphatic carbocycles. The van der Waals surface area contributed by atoms with Crippen LogP contribution in [-0.4, -0.2) is 35.0 Å². The summed E-state index contributed by atoms with van der Waals surface area (Å²) < 4.78 is 0. The predicted molar refractivity (Wildman–Crippen MR) is 77.9 cm³/mol. The molecule has 1 atom stereocenters. The Labute approximate surface area is 123 Å². The zero-order valence-corrected chi connectivity index (χ0v) is 12.0. The third kappa shape index (κ3) is 2.95. The lowest BCUT2D eigenvalue weighted by Crippen LogP contribution is -2.33. The summed E-state index contributed by atoms with van der Waals surface area (Å²) in [4.78, 5) is 13.2. The van der Waals surface area contributed by atoms with E-state index in [1.165, 1.54) is 18.9 Å². The van der Waals surface area contributed by atoms with E-state index in [0.717, 1.165) is 25.6 Å². The molecule has 1 unspecified atom stereocenters. The summed E-state index contributed by atoms with van der Waals surface area (Å²) in [7, 11) is 0. The highest BCUT2D eigenvalue weighted by molar-refractivity contribution is 6.31. The van der Waals surface area contributed by atoms with Crippen LogP contribution in [0.4, 0.5) is 5.69 Å². The van der Waals surface area contributed by atoms with Crippen molar-refractivity contribution in [3.8, 4) is 0 Å². The minimum atomic E-state index is -0.367. The Morgan fingerprint density at radius 2 is 2.20 bits per heavy atom. The number of nitrogens with one attached hydrogen (secondary N) is 1. The summed E-state index contributed by atoms with van der Waals surface area (Å²) in [5.41, 5.74) is 0.686. The van der Waals surface area contributed by atoms with Crippen molar-refractivity contribution in [1.82, 2.24) is 10.2 Å². The Kier molecular flexibility index (Phi) is 3.92. The molecule has 1 aromatic carbocycles. The maximum absolute atomic E-state index is 11.0. The molecular formula is C14H18ClN3O2. The first-order chi connectivity index (χ1) is 9.65. The van der Waals surface area contributed by atoms with Crippen LogP contribution >= 0.6 is 11.6 Å². The fourth-order valence-electron chi connectivity index (χ4n) is 2.86. The molecule has 0 aromatic heterocycles. The van der Waals surface area contributed by atoms with Gasteiger partial charge in [0, 0.05) is 37.8 Å². The second-order valence-corrected chi connectivity index (χ2v) is 5.99. The number of hydrogen-bond acceptors (Lipinski definition) is 4. The van der Waals surface area contributed by atoms with Crippen LogP contribution in [0.2, 0.25) is 5.02 Å². The molecule has 1 saturated carbocycles. The lowest BCUT2D eigenvalue weighted by atomic mass is 10.1. The second-order valence-electron chi connectivity index (χ2n) is 5.59. The van der Waals surface area contributed by atoms with Gasteiger partial charge in [0.1, 0.15) is 0 Å². The van der Waals surface area contributed by atoms with Gasteiger partial charge in [-0.2, -0.15) is 0 Å². The Balaban J connectivity index is 1.62. The molecule has 1 heterocycles. The normalized spacial score (nSPS) is 23.1. The zero-order valence-electron chi connectivity index (χ0n) is 11.2. The van der Waals surface area contributed by atoms with Crippen LogP contribution in [0.3, 0.4) is 0 Å². The van der Waals surface area contributed by atoms with E-state index in [1.807, 2.05) is 0 Å². The van der Waals surface area contributed by atoms with Gasteiger partial charge < -0.3 is 5.32 Å². The number of hydrogen-bond donors (Lipinski definition) is 1. The monoisotopic (exact) mass is 295 g/mol. The summed E-state index contributed by atoms with van der Waals surface area (Å²) in [5.74, 6) is 0. The standard InChI is InChI=1S/C14H18ClN3O2/c15-13-2-1-3-14(18(19)20)12(13)8-16-10-6-7-17(9-10)11-4-5-11/h1-3,10-11,16H,4-9H2. The van der Waals surface area contributed by atoms with Crippen LogP contribution in [0.15, 0.2) is 18.2 Å². The fourth-order valence-corrected chi connectivity index (χ4v) is 3.10. The average molecular weight is 296 g/mol. The van der Waals surface area contributed by atoms with Crippen molar-refractivity contribution in [1.29, 1.82) is 0 Å². The first kappa shape index (κ1) is 13.8. The van der Waals surface area contributed by atoms with Crippen molar-refractivity contribution in [3.63, 3.8) is 0 Å². The quantitative estimate of drug-likeness (QED) is 0.670. The van der Waals surface area contributed by atoms with Crippen LogP contribution in [0.5, 0.6) is 0 Å². The molecule has 0 bridgehead atoms. The Hall–Kier alpha value is -1.17. The molecule has 20 heavy (non-hydrogen) atoms. The maximum atomic E-state index is 11.0. The van der Waals surface area contributed by atoms with E-state index in [4.69, 9.17) is 11.6 Å². The highest BCUT2D eigenvalue weighted by atomic mass is 35.5. The van der Waals surface area contributed by atoms with Gasteiger partial charge in [-0.3, -0.25) is 15.0 Å². The van der Waals surface area contributed by atoms with E-state index in [2.05, 4.69) is 10.2 Å². The smallest absolute Gasteiger partial charge is 0.275 e. The summed E-state index contributed by atoms with van der Waals surface area (Å²) in [6.45, 7) is 2.63. The molecule has 2 fully saturated rings. The fraction of sp³-hybridized carbons (Fsp3) is 0.571. The van der Waals surface area contributed by atoms with Crippen LogP contribution in [-0.2, 0) is 6.54 Å². The third-order valence-corrected chi connectivity index (χ3v) is 4.50. The van der Waals surface area contributed by atoms with Crippen molar-refractivity contribution >= 4 is 17.3 Å². The predicted octanol–water partition coefficient (Wildman–Crippen LogP) is 2.57. The highest BCUT2D eigenvalue weighted by Crippen LogP contribution is 2.30. The number of nitro groups is 1. The van der Waals surface area contributed by atoms with Crippen molar-refractivity contribution in [2.45, 2.75) is 37.9 Å². The lowest BCUT2D eigenvalue weighted by molar-refractivity contribution is -0.385. The van der Waals surface area contributed by atoms with Gasteiger partial charge in [-0.15, -0.1) is 0 Å². The number of rotatable bonds is 5. The maximum Gasteiger partial charge on any atom is 0.275 e. The van der Waals surface area contributed by atoms with Gasteiger partial charge >= 0.3 is 0 Å². The summed E-state index contributed by atoms with van der Waals surface area (Å²) in [6, 6.07) is 6.03. The van der Waals surface area contributed by atoms with Gasteiger partial charge in [0.25, 0.3) is 5.69 Å². The third-order valence-electron chi connectivity index (χ3n) is 4.14. The zero-order chi connectivity index (χ0) is 14.1. The molecule has 0 spiro atoms. The highest BCUT2D eigenvalue weighted by Gasteiger charge is 2.34. The van der Waals surface area contributed by atoms with Gasteiger partial charge in [0.05, 0.1) is 15.5 Å². The van der Waals surface area contributed by atoms with E-state index < -0.39 is 0 Å². The minimum absolute atomic E-state index is 0.0991. The molecule has 1 saturated heterocycles. The van der Waals surface area contributed by atoms with Gasteiger partial charge in [-0.25, -0.2) is 0 Å². The minimum Gasteiger partial charge on any atom is -0.308 e. The summed E-state index contributed by atoms with van der Waals surface area (Å²) in [5, 5.41) is 14.9. The largest absolute Gasteiger partial charge is 0.308 e. The van der Waals surface area contributed by atoms with E-state index in [1.54, 1.807) is 12.1 Å². The average Bonchev–Trinajstić information content (AvgIpc) is 3.16. The van der Waals surface area contributed by atoms with E-state index in [9.17, 15) is 10.1 Å². The van der Waals surface area contributed by atoms with E-state index >= 15 is 0 Å². The van der Waals surface area contributed by atoms with Crippen molar-refractivity contribution < 1.29 is 4.92 Å². The summed E-state index contributed by atoms with van der Waals surface area (Å²) >= 11 is 6.09. The SMILES string of the molecule is O=[N+]([O-])c1cccc(Cl)c1CNC1CCN(C2CC2)C1. The van der Waals surface area contributed by atoms with Crippen molar-refractivity contribution in [2.75, 3.05) is 13.1 Å². The first-order valence-corrected chi connectivity index (χ1v) is 7.42. The van der Waals surface area contributed by atoms with Crippen LogP contribution in [0.1, 0.15) is 24.8 Å². The molecule has 0 amide bonds. The van der Waals surface area contributed by atoms with Crippen LogP contribution < -0.4 is 5.32 Å². The molecule has 2 aliphatic rings. The van der Waals surface area contributed by atoms with Crippen LogP contribution in [0, 0.1) is 10.1 Å². The van der Waals surface area contributed by atoms with Crippen LogP contribution in [0.25, 0.3) is 0 Å². The van der Waals surface area contributed by atoms with Gasteiger partial charge in [-0.1, -0.05) is 17.7 Å².